The van der Waals surface area contributed by atoms with E-state index >= 15 is 0 Å². The lowest BCUT2D eigenvalue weighted by Gasteiger charge is -2.30. The number of nitrogens with one attached hydrogen (secondary N) is 1. The molecular formula is C13H31IN4. The number of guanidine groups is 1. The van der Waals surface area contributed by atoms with Crippen LogP contribution in [-0.2, 0) is 0 Å². The number of nitrogens with two attached hydrogens (primary N) is 1. The number of nitrogens with zero attached hydrogens (tertiary/aromatic N) is 2. The Labute approximate surface area is 130 Å². The van der Waals surface area contributed by atoms with Crippen LogP contribution in [0.15, 0.2) is 4.99 Å². The molecule has 0 aliphatic heterocycles. The maximum Gasteiger partial charge on any atom is 0.188 e. The molecule has 0 aromatic rings. The largest absolute Gasteiger partial charge is 0.370 e. The molecule has 0 rings (SSSR count). The lowest BCUT2D eigenvalue weighted by Crippen LogP contribution is -2.44. The third-order valence-electron chi connectivity index (χ3n) is 2.63. The van der Waals surface area contributed by atoms with E-state index in [-0.39, 0.29) is 24.0 Å². The van der Waals surface area contributed by atoms with Crippen molar-refractivity contribution in [2.75, 3.05) is 19.6 Å². The number of rotatable bonds is 7. The average molecular weight is 370 g/mol. The van der Waals surface area contributed by atoms with E-state index in [1.54, 1.807) is 0 Å². The minimum atomic E-state index is 0. The van der Waals surface area contributed by atoms with Gasteiger partial charge >= 0.3 is 0 Å². The molecule has 3 N–H and O–H groups in total. The van der Waals surface area contributed by atoms with Crippen molar-refractivity contribution >= 4 is 29.9 Å². The van der Waals surface area contributed by atoms with Crippen molar-refractivity contribution in [3.05, 3.63) is 0 Å². The predicted molar refractivity (Wildman–Crippen MR) is 91.7 cm³/mol. The van der Waals surface area contributed by atoms with Crippen molar-refractivity contribution in [1.82, 2.24) is 10.2 Å². The van der Waals surface area contributed by atoms with E-state index < -0.39 is 0 Å². The van der Waals surface area contributed by atoms with Gasteiger partial charge in [-0.1, -0.05) is 13.8 Å². The summed E-state index contributed by atoms with van der Waals surface area (Å²) in [5.74, 6) is 1.12. The lowest BCUT2D eigenvalue weighted by molar-refractivity contribution is 0.178. The molecule has 4 nitrogen and oxygen atoms in total. The maximum absolute atomic E-state index is 5.78. The lowest BCUT2D eigenvalue weighted by atomic mass is 10.2. The Morgan fingerprint density at radius 1 is 1.11 bits per heavy atom. The smallest absolute Gasteiger partial charge is 0.188 e. The van der Waals surface area contributed by atoms with Gasteiger partial charge < -0.3 is 11.1 Å². The Balaban J connectivity index is 0. The van der Waals surface area contributed by atoms with E-state index in [2.05, 4.69) is 56.8 Å². The zero-order chi connectivity index (χ0) is 13.4. The SMILES string of the molecule is CC(C)CN=C(N)NCCN(C(C)C)C(C)C.I. The highest BCUT2D eigenvalue weighted by atomic mass is 127. The van der Waals surface area contributed by atoms with Crippen LogP contribution >= 0.6 is 24.0 Å². The average Bonchev–Trinajstić information content (AvgIpc) is 2.20. The van der Waals surface area contributed by atoms with Gasteiger partial charge in [0.15, 0.2) is 5.96 Å². The first-order valence-electron chi connectivity index (χ1n) is 6.64. The zero-order valence-corrected chi connectivity index (χ0v) is 15.1. The van der Waals surface area contributed by atoms with E-state index in [4.69, 9.17) is 5.73 Å². The summed E-state index contributed by atoms with van der Waals surface area (Å²) in [5.41, 5.74) is 5.78. The molecule has 5 heteroatoms. The maximum atomic E-state index is 5.78. The second-order valence-corrected chi connectivity index (χ2v) is 5.47. The van der Waals surface area contributed by atoms with Gasteiger partial charge in [-0.05, 0) is 33.6 Å². The fourth-order valence-corrected chi connectivity index (χ4v) is 1.76. The Morgan fingerprint density at radius 2 is 1.61 bits per heavy atom. The summed E-state index contributed by atoms with van der Waals surface area (Å²) in [5, 5.41) is 3.16. The first kappa shape index (κ1) is 20.3. The van der Waals surface area contributed by atoms with Gasteiger partial charge in [0.1, 0.15) is 0 Å². The predicted octanol–water partition coefficient (Wildman–Crippen LogP) is 2.28. The first-order valence-corrected chi connectivity index (χ1v) is 6.64. The van der Waals surface area contributed by atoms with E-state index in [1.165, 1.54) is 0 Å². The van der Waals surface area contributed by atoms with Gasteiger partial charge in [0.05, 0.1) is 0 Å². The van der Waals surface area contributed by atoms with Crippen LogP contribution in [0.1, 0.15) is 41.5 Å². The molecule has 0 aromatic carbocycles. The standard InChI is InChI=1S/C13H30N4.HI/c1-10(2)9-16-13(14)15-7-8-17(11(3)4)12(5)6;/h10-12H,7-9H2,1-6H3,(H3,14,15,16);1H. The topological polar surface area (TPSA) is 53.6 Å². The summed E-state index contributed by atoms with van der Waals surface area (Å²) in [6, 6.07) is 1.12. The summed E-state index contributed by atoms with van der Waals surface area (Å²) < 4.78 is 0. The molecule has 0 saturated carbocycles. The fraction of sp³-hybridized carbons (Fsp3) is 0.923. The van der Waals surface area contributed by atoms with Crippen LogP contribution in [0.3, 0.4) is 0 Å². The van der Waals surface area contributed by atoms with Gasteiger partial charge in [-0.15, -0.1) is 24.0 Å². The van der Waals surface area contributed by atoms with Crippen molar-refractivity contribution in [3.8, 4) is 0 Å². The third kappa shape index (κ3) is 9.94. The summed E-state index contributed by atoms with van der Waals surface area (Å²) in [6.07, 6.45) is 0. The van der Waals surface area contributed by atoms with Crippen LogP contribution in [-0.4, -0.2) is 42.6 Å². The fourth-order valence-electron chi connectivity index (χ4n) is 1.76. The van der Waals surface area contributed by atoms with Crippen molar-refractivity contribution in [2.24, 2.45) is 16.6 Å². The van der Waals surface area contributed by atoms with Crippen molar-refractivity contribution in [3.63, 3.8) is 0 Å². The number of aliphatic imine (C=N–C) groups is 1. The number of hydrogen-bond donors (Lipinski definition) is 2. The summed E-state index contributed by atoms with van der Waals surface area (Å²) in [4.78, 5) is 6.71. The van der Waals surface area contributed by atoms with E-state index in [0.29, 0.717) is 24.0 Å². The summed E-state index contributed by atoms with van der Waals surface area (Å²) in [7, 11) is 0. The molecule has 0 unspecified atom stereocenters. The quantitative estimate of drug-likeness (QED) is 0.411. The molecule has 18 heavy (non-hydrogen) atoms. The normalized spacial score (nSPS) is 12.4. The van der Waals surface area contributed by atoms with Crippen molar-refractivity contribution in [2.45, 2.75) is 53.6 Å². The molecule has 0 heterocycles. The highest BCUT2D eigenvalue weighted by Gasteiger charge is 2.12. The van der Waals surface area contributed by atoms with E-state index in [9.17, 15) is 0 Å². The summed E-state index contributed by atoms with van der Waals surface area (Å²) in [6.45, 7) is 15.8. The number of halogens is 1. The van der Waals surface area contributed by atoms with Crippen LogP contribution in [0.4, 0.5) is 0 Å². The second-order valence-electron chi connectivity index (χ2n) is 5.47. The zero-order valence-electron chi connectivity index (χ0n) is 12.7. The molecular weight excluding hydrogens is 339 g/mol. The molecule has 0 atom stereocenters. The van der Waals surface area contributed by atoms with E-state index in [1.807, 2.05) is 0 Å². The molecule has 0 spiro atoms. The van der Waals surface area contributed by atoms with Gasteiger partial charge in [-0.25, -0.2) is 0 Å². The van der Waals surface area contributed by atoms with Gasteiger partial charge in [0.25, 0.3) is 0 Å². The molecule has 0 amide bonds. The molecule has 0 aliphatic rings. The second kappa shape index (κ2) is 10.8. The van der Waals surface area contributed by atoms with Crippen LogP contribution in [0.25, 0.3) is 0 Å². The third-order valence-corrected chi connectivity index (χ3v) is 2.63. The van der Waals surface area contributed by atoms with Gasteiger partial charge in [0.2, 0.25) is 0 Å². The minimum Gasteiger partial charge on any atom is -0.370 e. The van der Waals surface area contributed by atoms with Crippen LogP contribution in [0, 0.1) is 5.92 Å². The van der Waals surface area contributed by atoms with E-state index in [0.717, 1.165) is 19.6 Å². The minimum absolute atomic E-state index is 0. The highest BCUT2D eigenvalue weighted by molar-refractivity contribution is 14.0. The van der Waals surface area contributed by atoms with Crippen LogP contribution < -0.4 is 11.1 Å². The molecule has 0 aliphatic carbocycles. The molecule has 0 fully saturated rings. The van der Waals surface area contributed by atoms with Gasteiger partial charge in [-0.3, -0.25) is 9.89 Å². The Morgan fingerprint density at radius 3 is 2.00 bits per heavy atom. The summed E-state index contributed by atoms with van der Waals surface area (Å²) >= 11 is 0. The Kier molecular flexibility index (Phi) is 12.2. The number of hydrogen-bond acceptors (Lipinski definition) is 2. The van der Waals surface area contributed by atoms with Crippen LogP contribution in [0.5, 0.6) is 0 Å². The van der Waals surface area contributed by atoms with Crippen LogP contribution in [0.2, 0.25) is 0 Å². The molecule has 110 valence electrons. The Bertz CT molecular complexity index is 219. The first-order chi connectivity index (χ1) is 7.84. The molecule has 0 bridgehead atoms. The molecule has 0 radical (unpaired) electrons. The highest BCUT2D eigenvalue weighted by Crippen LogP contribution is 2.03. The van der Waals surface area contributed by atoms with Gasteiger partial charge in [-0.2, -0.15) is 0 Å². The van der Waals surface area contributed by atoms with Gasteiger partial charge in [0, 0.05) is 31.7 Å². The van der Waals surface area contributed by atoms with Crippen molar-refractivity contribution in [1.29, 1.82) is 0 Å². The van der Waals surface area contributed by atoms with Crippen molar-refractivity contribution < 1.29 is 0 Å². The molecule has 0 saturated heterocycles. The Hall–Kier alpha value is -0.0400. The molecule has 0 aromatic heterocycles. The monoisotopic (exact) mass is 370 g/mol.